The number of rotatable bonds is 6. The normalized spacial score (nSPS) is 10.6. The van der Waals surface area contributed by atoms with E-state index in [1.807, 2.05) is 71.5 Å². The Balaban J connectivity index is 1.36. The van der Waals surface area contributed by atoms with Crippen molar-refractivity contribution in [2.75, 3.05) is 5.32 Å². The van der Waals surface area contributed by atoms with E-state index in [2.05, 4.69) is 34.7 Å². The first-order valence-electron chi connectivity index (χ1n) is 9.31. The van der Waals surface area contributed by atoms with Crippen LogP contribution in [0.4, 0.5) is 5.69 Å². The molecule has 0 aliphatic carbocycles. The second-order valence-electron chi connectivity index (χ2n) is 6.63. The third-order valence-electron chi connectivity index (χ3n) is 4.62. The standard InChI is InChI=1S/C24H21N3O/c28-24(22-13-11-21(12-14-22)20-9-5-2-6-10-20)26-23-17-25-27(18-23)16-15-19-7-3-1-4-8-19/h1-14,17-18H,15-16H2,(H,26,28). The number of anilines is 1. The van der Waals surface area contributed by atoms with Crippen molar-refractivity contribution in [1.29, 1.82) is 0 Å². The Labute approximate surface area is 164 Å². The molecule has 28 heavy (non-hydrogen) atoms. The van der Waals surface area contributed by atoms with Crippen LogP contribution in [-0.2, 0) is 13.0 Å². The van der Waals surface area contributed by atoms with E-state index in [0.717, 1.165) is 24.1 Å². The highest BCUT2D eigenvalue weighted by molar-refractivity contribution is 6.04. The Morgan fingerprint density at radius 3 is 2.18 bits per heavy atom. The van der Waals surface area contributed by atoms with E-state index in [1.165, 1.54) is 5.56 Å². The fourth-order valence-electron chi connectivity index (χ4n) is 3.09. The molecule has 138 valence electrons. The number of carbonyl (C=O) groups excluding carboxylic acids is 1. The van der Waals surface area contributed by atoms with Crippen molar-refractivity contribution < 1.29 is 4.79 Å². The summed E-state index contributed by atoms with van der Waals surface area (Å²) in [5.41, 5.74) is 4.81. The van der Waals surface area contributed by atoms with Gasteiger partial charge in [-0.3, -0.25) is 9.48 Å². The molecule has 0 spiro atoms. The summed E-state index contributed by atoms with van der Waals surface area (Å²) in [4.78, 5) is 12.5. The molecule has 4 rings (SSSR count). The predicted octanol–water partition coefficient (Wildman–Crippen LogP) is 5.05. The molecule has 3 aromatic carbocycles. The second kappa shape index (κ2) is 8.35. The van der Waals surface area contributed by atoms with Crippen molar-refractivity contribution in [2.45, 2.75) is 13.0 Å². The molecule has 0 aliphatic heterocycles. The Kier molecular flexibility index (Phi) is 5.29. The van der Waals surface area contributed by atoms with Gasteiger partial charge in [0.25, 0.3) is 5.91 Å². The quantitative estimate of drug-likeness (QED) is 0.519. The van der Waals surface area contributed by atoms with Crippen LogP contribution in [0.1, 0.15) is 15.9 Å². The minimum Gasteiger partial charge on any atom is -0.319 e. The molecule has 1 aromatic heterocycles. The van der Waals surface area contributed by atoms with Crippen molar-refractivity contribution in [1.82, 2.24) is 9.78 Å². The zero-order valence-corrected chi connectivity index (χ0v) is 15.5. The highest BCUT2D eigenvalue weighted by atomic mass is 16.1. The van der Waals surface area contributed by atoms with Crippen LogP contribution >= 0.6 is 0 Å². The number of hydrogen-bond acceptors (Lipinski definition) is 2. The van der Waals surface area contributed by atoms with Crippen LogP contribution in [0, 0.1) is 0 Å². The first-order chi connectivity index (χ1) is 13.8. The molecule has 0 fully saturated rings. The number of aryl methyl sites for hydroxylation is 2. The molecule has 0 bridgehead atoms. The second-order valence-corrected chi connectivity index (χ2v) is 6.63. The molecule has 4 nitrogen and oxygen atoms in total. The first-order valence-corrected chi connectivity index (χ1v) is 9.31. The van der Waals surface area contributed by atoms with Crippen LogP contribution in [0.3, 0.4) is 0 Å². The molecule has 1 heterocycles. The number of aromatic nitrogens is 2. The Morgan fingerprint density at radius 2 is 1.46 bits per heavy atom. The molecule has 4 aromatic rings. The van der Waals surface area contributed by atoms with Gasteiger partial charge in [0.1, 0.15) is 0 Å². The summed E-state index contributed by atoms with van der Waals surface area (Å²) in [6.07, 6.45) is 4.44. The van der Waals surface area contributed by atoms with Crippen molar-refractivity contribution in [3.63, 3.8) is 0 Å². The van der Waals surface area contributed by atoms with Gasteiger partial charge in [-0.1, -0.05) is 72.8 Å². The third kappa shape index (κ3) is 4.35. The average molecular weight is 367 g/mol. The third-order valence-corrected chi connectivity index (χ3v) is 4.62. The van der Waals surface area contributed by atoms with Gasteiger partial charge in [-0.05, 0) is 35.2 Å². The zero-order valence-electron chi connectivity index (χ0n) is 15.5. The average Bonchev–Trinajstić information content (AvgIpc) is 3.21. The number of amides is 1. The van der Waals surface area contributed by atoms with Crippen LogP contribution in [0.25, 0.3) is 11.1 Å². The SMILES string of the molecule is O=C(Nc1cnn(CCc2ccccc2)c1)c1ccc(-c2ccccc2)cc1. The van der Waals surface area contributed by atoms with Gasteiger partial charge >= 0.3 is 0 Å². The van der Waals surface area contributed by atoms with E-state index in [-0.39, 0.29) is 5.91 Å². The molecule has 0 saturated carbocycles. The molecular weight excluding hydrogens is 346 g/mol. The van der Waals surface area contributed by atoms with E-state index in [1.54, 1.807) is 6.20 Å². The monoisotopic (exact) mass is 367 g/mol. The van der Waals surface area contributed by atoms with Crippen LogP contribution in [0.15, 0.2) is 97.3 Å². The maximum absolute atomic E-state index is 12.5. The van der Waals surface area contributed by atoms with Crippen LogP contribution < -0.4 is 5.32 Å². The van der Waals surface area contributed by atoms with Gasteiger partial charge in [-0.15, -0.1) is 0 Å². The molecule has 4 heteroatoms. The Hall–Kier alpha value is -3.66. The van der Waals surface area contributed by atoms with E-state index in [4.69, 9.17) is 0 Å². The van der Waals surface area contributed by atoms with Crippen molar-refractivity contribution >= 4 is 11.6 Å². The molecule has 0 unspecified atom stereocenters. The van der Waals surface area contributed by atoms with Crippen LogP contribution in [0.2, 0.25) is 0 Å². The van der Waals surface area contributed by atoms with Crippen LogP contribution in [-0.4, -0.2) is 15.7 Å². The summed E-state index contributed by atoms with van der Waals surface area (Å²) < 4.78 is 1.85. The first kappa shape index (κ1) is 17.7. The van der Waals surface area contributed by atoms with Gasteiger partial charge < -0.3 is 5.32 Å². The van der Waals surface area contributed by atoms with Gasteiger partial charge in [-0.25, -0.2) is 0 Å². The molecule has 0 saturated heterocycles. The fraction of sp³-hybridized carbons (Fsp3) is 0.0833. The molecule has 1 N–H and O–H groups in total. The summed E-state index contributed by atoms with van der Waals surface area (Å²) in [6.45, 7) is 0.770. The van der Waals surface area contributed by atoms with Gasteiger partial charge in [0.05, 0.1) is 11.9 Å². The lowest BCUT2D eigenvalue weighted by molar-refractivity contribution is 0.102. The lowest BCUT2D eigenvalue weighted by Crippen LogP contribution is -2.11. The molecule has 0 atom stereocenters. The number of hydrogen-bond donors (Lipinski definition) is 1. The minimum atomic E-state index is -0.137. The number of nitrogens with one attached hydrogen (secondary N) is 1. The molecule has 0 aliphatic rings. The van der Waals surface area contributed by atoms with Crippen molar-refractivity contribution in [3.8, 4) is 11.1 Å². The minimum absolute atomic E-state index is 0.137. The van der Waals surface area contributed by atoms with Crippen LogP contribution in [0.5, 0.6) is 0 Å². The highest BCUT2D eigenvalue weighted by Crippen LogP contribution is 2.19. The van der Waals surface area contributed by atoms with Gasteiger partial charge in [-0.2, -0.15) is 5.10 Å². The summed E-state index contributed by atoms with van der Waals surface area (Å²) >= 11 is 0. The largest absolute Gasteiger partial charge is 0.319 e. The molecule has 1 amide bonds. The Morgan fingerprint density at radius 1 is 0.821 bits per heavy atom. The van der Waals surface area contributed by atoms with Gasteiger partial charge in [0.15, 0.2) is 0 Å². The summed E-state index contributed by atoms with van der Waals surface area (Å²) in [5, 5.41) is 7.25. The smallest absolute Gasteiger partial charge is 0.255 e. The lowest BCUT2D eigenvalue weighted by Gasteiger charge is -2.05. The van der Waals surface area contributed by atoms with Gasteiger partial charge in [0.2, 0.25) is 0 Å². The van der Waals surface area contributed by atoms with Crippen molar-refractivity contribution in [3.05, 3.63) is 108 Å². The zero-order chi connectivity index (χ0) is 19.2. The van der Waals surface area contributed by atoms with E-state index in [9.17, 15) is 4.79 Å². The van der Waals surface area contributed by atoms with E-state index < -0.39 is 0 Å². The van der Waals surface area contributed by atoms with E-state index in [0.29, 0.717) is 11.3 Å². The number of nitrogens with zero attached hydrogens (tertiary/aromatic N) is 2. The van der Waals surface area contributed by atoms with Crippen molar-refractivity contribution in [2.24, 2.45) is 0 Å². The summed E-state index contributed by atoms with van der Waals surface area (Å²) in [5.74, 6) is -0.137. The molecular formula is C24H21N3O. The number of carbonyl (C=O) groups is 1. The van der Waals surface area contributed by atoms with E-state index >= 15 is 0 Å². The fourth-order valence-corrected chi connectivity index (χ4v) is 3.09. The highest BCUT2D eigenvalue weighted by Gasteiger charge is 2.08. The lowest BCUT2D eigenvalue weighted by atomic mass is 10.0. The topological polar surface area (TPSA) is 46.9 Å². The summed E-state index contributed by atoms with van der Waals surface area (Å²) in [7, 11) is 0. The number of benzene rings is 3. The maximum Gasteiger partial charge on any atom is 0.255 e. The maximum atomic E-state index is 12.5. The summed E-state index contributed by atoms with van der Waals surface area (Å²) in [6, 6.07) is 28.0. The van der Waals surface area contributed by atoms with Gasteiger partial charge in [0, 0.05) is 18.3 Å². The Bertz CT molecular complexity index is 1040. The predicted molar refractivity (Wildman–Crippen MR) is 112 cm³/mol. The molecule has 0 radical (unpaired) electrons.